The highest BCUT2D eigenvalue weighted by molar-refractivity contribution is 7.91. The number of sulfone groups is 1. The lowest BCUT2D eigenvalue weighted by Crippen LogP contribution is -2.36. The Bertz CT molecular complexity index is 1110. The molecule has 0 aliphatic rings. The maximum Gasteiger partial charge on any atom is 0.228 e. The van der Waals surface area contributed by atoms with Gasteiger partial charge in [-0.05, 0) is 51.2 Å². The van der Waals surface area contributed by atoms with Crippen LogP contribution >= 0.6 is 11.3 Å². The molecule has 6 nitrogen and oxygen atoms in total. The van der Waals surface area contributed by atoms with Gasteiger partial charge in [-0.2, -0.15) is 0 Å². The predicted octanol–water partition coefficient (Wildman–Crippen LogP) is 3.75. The second-order valence-corrected chi connectivity index (χ2v) is 10.6. The Hall–Kier alpha value is -2.29. The molecule has 160 valence electrons. The van der Waals surface area contributed by atoms with Crippen LogP contribution in [0.3, 0.4) is 0 Å². The first-order valence-corrected chi connectivity index (χ1v) is 12.3. The number of aryl methyl sites for hydroxylation is 1. The summed E-state index contributed by atoms with van der Waals surface area (Å²) in [6, 6.07) is 14.4. The molecule has 2 aromatic carbocycles. The van der Waals surface area contributed by atoms with Gasteiger partial charge in [-0.25, -0.2) is 13.4 Å². The minimum atomic E-state index is -3.39. The summed E-state index contributed by atoms with van der Waals surface area (Å²) in [6.07, 6.45) is 0.437. The van der Waals surface area contributed by atoms with E-state index in [4.69, 9.17) is 4.98 Å². The van der Waals surface area contributed by atoms with E-state index in [9.17, 15) is 13.2 Å². The van der Waals surface area contributed by atoms with Crippen molar-refractivity contribution in [3.05, 3.63) is 54.1 Å². The number of thiazole rings is 1. The van der Waals surface area contributed by atoms with Crippen LogP contribution in [0.25, 0.3) is 10.2 Å². The largest absolute Gasteiger partial charge is 0.308 e. The molecule has 0 saturated heterocycles. The first-order chi connectivity index (χ1) is 14.3. The molecule has 1 heterocycles. The number of aromatic nitrogens is 1. The Morgan fingerprint density at radius 2 is 1.77 bits per heavy atom. The van der Waals surface area contributed by atoms with Crippen molar-refractivity contribution in [3.63, 3.8) is 0 Å². The predicted molar refractivity (Wildman–Crippen MR) is 123 cm³/mol. The summed E-state index contributed by atoms with van der Waals surface area (Å²) >= 11 is 1.49. The molecule has 1 amide bonds. The molecule has 3 rings (SSSR count). The Morgan fingerprint density at radius 3 is 2.43 bits per heavy atom. The summed E-state index contributed by atoms with van der Waals surface area (Å²) in [7, 11) is 0.522. The first kappa shape index (κ1) is 22.4. The van der Waals surface area contributed by atoms with Gasteiger partial charge in [0.1, 0.15) is 0 Å². The van der Waals surface area contributed by atoms with Gasteiger partial charge >= 0.3 is 0 Å². The molecular formula is C22H27N3O3S2. The Balaban J connectivity index is 1.73. The quantitative estimate of drug-likeness (QED) is 0.502. The molecule has 0 spiro atoms. The molecule has 0 saturated carbocycles. The van der Waals surface area contributed by atoms with E-state index in [1.54, 1.807) is 35.2 Å². The van der Waals surface area contributed by atoms with Crippen molar-refractivity contribution >= 4 is 42.4 Å². The summed E-state index contributed by atoms with van der Waals surface area (Å²) < 4.78 is 26.0. The summed E-state index contributed by atoms with van der Waals surface area (Å²) in [5.74, 6) is -0.153. The van der Waals surface area contributed by atoms with E-state index in [1.807, 2.05) is 44.1 Å². The van der Waals surface area contributed by atoms with E-state index in [0.717, 1.165) is 15.8 Å². The smallest absolute Gasteiger partial charge is 0.228 e. The van der Waals surface area contributed by atoms with Crippen molar-refractivity contribution in [1.82, 2.24) is 9.88 Å². The molecule has 0 unspecified atom stereocenters. The lowest BCUT2D eigenvalue weighted by molar-refractivity contribution is -0.118. The molecule has 0 N–H and O–H groups in total. The molecule has 8 heteroatoms. The number of anilines is 1. The summed E-state index contributed by atoms with van der Waals surface area (Å²) in [5.41, 5.74) is 1.98. The third-order valence-electron chi connectivity index (χ3n) is 4.82. The number of carbonyl (C=O) groups is 1. The summed E-state index contributed by atoms with van der Waals surface area (Å²) in [5, 5.41) is 0.664. The Morgan fingerprint density at radius 1 is 1.03 bits per heavy atom. The van der Waals surface area contributed by atoms with Crippen molar-refractivity contribution in [2.45, 2.75) is 24.7 Å². The molecule has 0 aliphatic heterocycles. The van der Waals surface area contributed by atoms with Gasteiger partial charge in [0.15, 0.2) is 15.0 Å². The molecule has 30 heavy (non-hydrogen) atoms. The van der Waals surface area contributed by atoms with E-state index in [2.05, 4.69) is 0 Å². The molecular weight excluding hydrogens is 418 g/mol. The highest BCUT2D eigenvalue weighted by Gasteiger charge is 2.21. The SMILES string of the molecule is Cc1cccc2sc(N(CCN(C)C)C(=O)CCCS(=O)(=O)c3ccccc3)nc12. The van der Waals surface area contributed by atoms with E-state index in [-0.39, 0.29) is 24.5 Å². The fourth-order valence-corrected chi connectivity index (χ4v) is 5.53. The lowest BCUT2D eigenvalue weighted by Gasteiger charge is -2.22. The second kappa shape index (κ2) is 9.68. The standard InChI is InChI=1S/C22H27N3O3S2/c1-17-9-7-12-19-21(17)23-22(29-19)25(15-14-24(2)3)20(26)13-8-16-30(27,28)18-10-5-4-6-11-18/h4-7,9-12H,8,13-16H2,1-3H3. The molecule has 0 bridgehead atoms. The Labute approximate surface area is 182 Å². The summed E-state index contributed by atoms with van der Waals surface area (Å²) in [6.45, 7) is 3.21. The van der Waals surface area contributed by atoms with Crippen LogP contribution in [-0.2, 0) is 14.6 Å². The molecule has 0 fully saturated rings. The topological polar surface area (TPSA) is 70.6 Å². The van der Waals surface area contributed by atoms with Gasteiger partial charge in [0.2, 0.25) is 5.91 Å². The number of benzene rings is 2. The van der Waals surface area contributed by atoms with Crippen LogP contribution in [0.5, 0.6) is 0 Å². The third kappa shape index (κ3) is 5.44. The molecule has 0 radical (unpaired) electrons. The fraction of sp³-hybridized carbons (Fsp3) is 0.364. The number of likely N-dealkylation sites (N-methyl/N-ethyl adjacent to an activating group) is 1. The maximum absolute atomic E-state index is 13.0. The minimum absolute atomic E-state index is 0.0524. The van der Waals surface area contributed by atoms with E-state index in [1.165, 1.54) is 11.3 Å². The van der Waals surface area contributed by atoms with Crippen molar-refractivity contribution in [3.8, 4) is 0 Å². The number of hydrogen-bond acceptors (Lipinski definition) is 6. The highest BCUT2D eigenvalue weighted by atomic mass is 32.2. The Kier molecular flexibility index (Phi) is 7.23. The average Bonchev–Trinajstić information content (AvgIpc) is 3.14. The number of fused-ring (bicyclic) bond motifs is 1. The van der Waals surface area contributed by atoms with E-state index >= 15 is 0 Å². The van der Waals surface area contributed by atoms with Crippen LogP contribution in [0.4, 0.5) is 5.13 Å². The molecule has 3 aromatic rings. The molecule has 0 aliphatic carbocycles. The zero-order valence-electron chi connectivity index (χ0n) is 17.5. The van der Waals surface area contributed by atoms with Gasteiger partial charge in [-0.3, -0.25) is 9.69 Å². The van der Waals surface area contributed by atoms with Crippen LogP contribution in [0.15, 0.2) is 53.4 Å². The summed E-state index contributed by atoms with van der Waals surface area (Å²) in [4.78, 5) is 21.7. The van der Waals surface area contributed by atoms with Gasteiger partial charge in [-0.1, -0.05) is 41.7 Å². The van der Waals surface area contributed by atoms with Crippen LogP contribution in [0, 0.1) is 6.92 Å². The zero-order chi connectivity index (χ0) is 21.7. The monoisotopic (exact) mass is 445 g/mol. The van der Waals surface area contributed by atoms with Crippen molar-refractivity contribution < 1.29 is 13.2 Å². The zero-order valence-corrected chi connectivity index (χ0v) is 19.2. The minimum Gasteiger partial charge on any atom is -0.308 e. The normalized spacial score (nSPS) is 11.9. The van der Waals surface area contributed by atoms with E-state index < -0.39 is 9.84 Å². The number of amides is 1. The van der Waals surface area contributed by atoms with Gasteiger partial charge in [0.05, 0.1) is 20.9 Å². The third-order valence-corrected chi connectivity index (χ3v) is 7.68. The van der Waals surface area contributed by atoms with Gasteiger partial charge < -0.3 is 4.90 Å². The van der Waals surface area contributed by atoms with Gasteiger partial charge in [-0.15, -0.1) is 0 Å². The van der Waals surface area contributed by atoms with Crippen LogP contribution in [0.2, 0.25) is 0 Å². The fourth-order valence-electron chi connectivity index (χ4n) is 3.11. The number of hydrogen-bond donors (Lipinski definition) is 0. The average molecular weight is 446 g/mol. The first-order valence-electron chi connectivity index (χ1n) is 9.87. The molecule has 1 aromatic heterocycles. The number of para-hydroxylation sites is 1. The van der Waals surface area contributed by atoms with E-state index in [0.29, 0.717) is 23.1 Å². The van der Waals surface area contributed by atoms with Crippen LogP contribution in [0.1, 0.15) is 18.4 Å². The number of rotatable bonds is 9. The second-order valence-electron chi connectivity index (χ2n) is 7.50. The van der Waals surface area contributed by atoms with Crippen LogP contribution in [-0.4, -0.2) is 57.1 Å². The highest BCUT2D eigenvalue weighted by Crippen LogP contribution is 2.31. The maximum atomic E-state index is 13.0. The number of carbonyl (C=O) groups excluding carboxylic acids is 1. The van der Waals surface area contributed by atoms with Crippen molar-refractivity contribution in [2.24, 2.45) is 0 Å². The van der Waals surface area contributed by atoms with Crippen LogP contribution < -0.4 is 4.90 Å². The molecule has 0 atom stereocenters. The number of nitrogens with zero attached hydrogens (tertiary/aromatic N) is 3. The van der Waals surface area contributed by atoms with Gasteiger partial charge in [0.25, 0.3) is 0 Å². The van der Waals surface area contributed by atoms with Gasteiger partial charge in [0, 0.05) is 19.5 Å². The lowest BCUT2D eigenvalue weighted by atomic mass is 10.2. The van der Waals surface area contributed by atoms with Crippen molar-refractivity contribution in [1.29, 1.82) is 0 Å². The van der Waals surface area contributed by atoms with Crippen molar-refractivity contribution in [2.75, 3.05) is 37.8 Å².